The van der Waals surface area contributed by atoms with Crippen molar-refractivity contribution in [3.05, 3.63) is 90.4 Å². The Morgan fingerprint density at radius 1 is 0.875 bits per heavy atom. The number of furan rings is 1. The number of anilines is 2. The van der Waals surface area contributed by atoms with E-state index in [9.17, 15) is 9.59 Å². The molecule has 0 spiro atoms. The first-order valence-corrected chi connectivity index (χ1v) is 10.5. The summed E-state index contributed by atoms with van der Waals surface area (Å²) >= 11 is 0. The topological polar surface area (TPSA) is 78.7 Å². The maximum Gasteiger partial charge on any atom is 0.291 e. The minimum Gasteiger partial charge on any atom is -0.451 e. The Balaban J connectivity index is 1.19. The Bertz CT molecular complexity index is 1210. The first-order valence-electron chi connectivity index (χ1n) is 10.5. The minimum absolute atomic E-state index is 0.0334. The van der Waals surface area contributed by atoms with Crippen LogP contribution in [0.25, 0.3) is 11.0 Å². The largest absolute Gasteiger partial charge is 0.451 e. The maximum absolute atomic E-state index is 12.6. The van der Waals surface area contributed by atoms with Gasteiger partial charge in [-0.25, -0.2) is 0 Å². The summed E-state index contributed by atoms with van der Waals surface area (Å²) in [6.45, 7) is 2.76. The molecule has 7 heteroatoms. The lowest BCUT2D eigenvalue weighted by molar-refractivity contribution is 0.0740. The summed E-state index contributed by atoms with van der Waals surface area (Å²) in [6, 6.07) is 22.4. The number of hydrogen-bond acceptors (Lipinski definition) is 5. The number of nitrogens with zero attached hydrogens (tertiary/aromatic N) is 3. The van der Waals surface area contributed by atoms with Gasteiger partial charge in [-0.2, -0.15) is 0 Å². The fourth-order valence-electron chi connectivity index (χ4n) is 3.86. The third kappa shape index (κ3) is 4.05. The summed E-state index contributed by atoms with van der Waals surface area (Å²) in [4.78, 5) is 33.3. The predicted octanol–water partition coefficient (Wildman–Crippen LogP) is 4.04. The Morgan fingerprint density at radius 2 is 1.62 bits per heavy atom. The molecule has 160 valence electrons. The molecule has 32 heavy (non-hydrogen) atoms. The van der Waals surface area contributed by atoms with Crippen LogP contribution in [0.15, 0.2) is 83.4 Å². The van der Waals surface area contributed by atoms with Crippen LogP contribution in [0.3, 0.4) is 0 Å². The summed E-state index contributed by atoms with van der Waals surface area (Å²) in [6.07, 6.45) is 1.64. The van der Waals surface area contributed by atoms with Crippen LogP contribution in [-0.2, 0) is 0 Å². The van der Waals surface area contributed by atoms with E-state index in [0.29, 0.717) is 30.1 Å². The highest BCUT2D eigenvalue weighted by atomic mass is 16.3. The molecule has 2 amide bonds. The number of benzene rings is 2. The first-order chi connectivity index (χ1) is 15.7. The average molecular weight is 426 g/mol. The molecule has 1 aliphatic heterocycles. The fraction of sp³-hybridized carbons (Fsp3) is 0.160. The van der Waals surface area contributed by atoms with Crippen molar-refractivity contribution in [2.24, 2.45) is 0 Å². The lowest BCUT2D eigenvalue weighted by Crippen LogP contribution is -2.49. The van der Waals surface area contributed by atoms with Crippen LogP contribution >= 0.6 is 0 Å². The van der Waals surface area contributed by atoms with Crippen molar-refractivity contribution in [1.82, 2.24) is 9.88 Å². The van der Waals surface area contributed by atoms with Gasteiger partial charge in [-0.1, -0.05) is 24.3 Å². The SMILES string of the molecule is O=C(Nc1ccc(N2CCN(C(=O)c3ccccn3)CC2)cc1)c1cc2ccccc2o1. The zero-order valence-corrected chi connectivity index (χ0v) is 17.4. The van der Waals surface area contributed by atoms with E-state index in [1.807, 2.05) is 59.5 Å². The molecule has 1 saturated heterocycles. The van der Waals surface area contributed by atoms with Crippen LogP contribution in [-0.4, -0.2) is 47.9 Å². The molecule has 2 aromatic carbocycles. The van der Waals surface area contributed by atoms with Crippen molar-refractivity contribution >= 4 is 34.2 Å². The molecule has 0 unspecified atom stereocenters. The van der Waals surface area contributed by atoms with Gasteiger partial charge in [0.1, 0.15) is 11.3 Å². The highest BCUT2D eigenvalue weighted by molar-refractivity contribution is 6.04. The number of nitrogens with one attached hydrogen (secondary N) is 1. The standard InChI is InChI=1S/C25H22N4O3/c30-24(23-17-18-5-1-2-7-22(18)32-23)27-19-8-10-20(11-9-19)28-13-15-29(16-14-28)25(31)21-6-3-4-12-26-21/h1-12,17H,13-16H2,(H,27,30). The molecule has 0 atom stereocenters. The van der Waals surface area contributed by atoms with Crippen molar-refractivity contribution in [3.8, 4) is 0 Å². The van der Waals surface area contributed by atoms with Crippen LogP contribution in [0.4, 0.5) is 11.4 Å². The molecule has 3 heterocycles. The van der Waals surface area contributed by atoms with E-state index >= 15 is 0 Å². The number of aromatic nitrogens is 1. The third-order valence-corrected chi connectivity index (χ3v) is 5.59. The van der Waals surface area contributed by atoms with E-state index < -0.39 is 0 Å². The molecule has 0 aliphatic carbocycles. The number of pyridine rings is 1. The molecule has 1 fully saturated rings. The maximum atomic E-state index is 12.6. The lowest BCUT2D eigenvalue weighted by Gasteiger charge is -2.36. The summed E-state index contributed by atoms with van der Waals surface area (Å²) < 4.78 is 5.63. The van der Waals surface area contributed by atoms with E-state index in [1.54, 1.807) is 24.4 Å². The number of carbonyl (C=O) groups is 2. The summed E-state index contributed by atoms with van der Waals surface area (Å²) in [5, 5.41) is 3.78. The second kappa shape index (κ2) is 8.55. The molecule has 0 saturated carbocycles. The Morgan fingerprint density at radius 3 is 2.34 bits per heavy atom. The van der Waals surface area contributed by atoms with Gasteiger partial charge in [-0.05, 0) is 48.5 Å². The number of piperazine rings is 1. The normalized spacial score (nSPS) is 13.9. The van der Waals surface area contributed by atoms with Crippen LogP contribution in [0.5, 0.6) is 0 Å². The third-order valence-electron chi connectivity index (χ3n) is 5.59. The van der Waals surface area contributed by atoms with Crippen molar-refractivity contribution in [2.75, 3.05) is 36.4 Å². The Labute approximate surface area is 185 Å². The monoisotopic (exact) mass is 426 g/mol. The number of rotatable bonds is 4. The van der Waals surface area contributed by atoms with E-state index in [2.05, 4.69) is 15.2 Å². The van der Waals surface area contributed by atoms with Gasteiger partial charge < -0.3 is 19.5 Å². The molecule has 1 aliphatic rings. The van der Waals surface area contributed by atoms with E-state index in [0.717, 1.165) is 24.2 Å². The van der Waals surface area contributed by atoms with Gasteiger partial charge in [-0.3, -0.25) is 14.6 Å². The van der Waals surface area contributed by atoms with Crippen molar-refractivity contribution < 1.29 is 14.0 Å². The molecule has 2 aromatic heterocycles. The number of amides is 2. The zero-order chi connectivity index (χ0) is 21.9. The van der Waals surface area contributed by atoms with Crippen molar-refractivity contribution in [1.29, 1.82) is 0 Å². The van der Waals surface area contributed by atoms with Gasteiger partial charge in [0.05, 0.1) is 0 Å². The van der Waals surface area contributed by atoms with Crippen LogP contribution in [0.2, 0.25) is 0 Å². The highest BCUT2D eigenvalue weighted by Crippen LogP contribution is 2.22. The molecule has 0 radical (unpaired) electrons. The second-order valence-electron chi connectivity index (χ2n) is 7.64. The predicted molar refractivity (Wildman–Crippen MR) is 123 cm³/mol. The summed E-state index contributed by atoms with van der Waals surface area (Å²) in [5.41, 5.74) is 2.92. The Hall–Kier alpha value is -4.13. The molecule has 0 bridgehead atoms. The smallest absolute Gasteiger partial charge is 0.291 e. The lowest BCUT2D eigenvalue weighted by atomic mass is 10.2. The fourth-order valence-corrected chi connectivity index (χ4v) is 3.86. The van der Waals surface area contributed by atoms with E-state index in [4.69, 9.17) is 4.42 Å². The first kappa shape index (κ1) is 19.8. The van der Waals surface area contributed by atoms with Gasteiger partial charge in [-0.15, -0.1) is 0 Å². The van der Waals surface area contributed by atoms with Gasteiger partial charge >= 0.3 is 0 Å². The average Bonchev–Trinajstić information content (AvgIpc) is 3.29. The van der Waals surface area contributed by atoms with Crippen molar-refractivity contribution in [2.45, 2.75) is 0 Å². The highest BCUT2D eigenvalue weighted by Gasteiger charge is 2.23. The van der Waals surface area contributed by atoms with Gasteiger partial charge in [0.25, 0.3) is 11.8 Å². The van der Waals surface area contributed by atoms with Crippen molar-refractivity contribution in [3.63, 3.8) is 0 Å². The molecule has 5 rings (SSSR count). The van der Waals surface area contributed by atoms with Crippen LogP contribution < -0.4 is 10.2 Å². The minimum atomic E-state index is -0.282. The molecular weight excluding hydrogens is 404 g/mol. The number of carbonyl (C=O) groups excluding carboxylic acids is 2. The quantitative estimate of drug-likeness (QED) is 0.533. The van der Waals surface area contributed by atoms with Gasteiger partial charge in [0.2, 0.25) is 0 Å². The van der Waals surface area contributed by atoms with Gasteiger partial charge in [0, 0.05) is 49.1 Å². The Kier molecular flexibility index (Phi) is 5.29. The van der Waals surface area contributed by atoms with Gasteiger partial charge in [0.15, 0.2) is 5.76 Å². The summed E-state index contributed by atoms with van der Waals surface area (Å²) in [5.74, 6) is -0.0338. The number of hydrogen-bond donors (Lipinski definition) is 1. The number of fused-ring (bicyclic) bond motifs is 1. The molecule has 4 aromatic rings. The van der Waals surface area contributed by atoms with Crippen LogP contribution in [0.1, 0.15) is 21.0 Å². The number of para-hydroxylation sites is 1. The zero-order valence-electron chi connectivity index (χ0n) is 17.4. The van der Waals surface area contributed by atoms with E-state index in [-0.39, 0.29) is 17.6 Å². The molecular formula is C25H22N4O3. The van der Waals surface area contributed by atoms with Crippen LogP contribution in [0, 0.1) is 0 Å². The molecule has 7 nitrogen and oxygen atoms in total. The second-order valence-corrected chi connectivity index (χ2v) is 7.64. The summed E-state index contributed by atoms with van der Waals surface area (Å²) in [7, 11) is 0. The van der Waals surface area contributed by atoms with E-state index in [1.165, 1.54) is 0 Å². The molecule has 1 N–H and O–H groups in total.